The van der Waals surface area contributed by atoms with Crippen LogP contribution < -0.4 is 5.32 Å². The highest BCUT2D eigenvalue weighted by atomic mass is 35.5. The minimum atomic E-state index is -0.108. The summed E-state index contributed by atoms with van der Waals surface area (Å²) in [7, 11) is 1.91. The van der Waals surface area contributed by atoms with Crippen molar-refractivity contribution in [2.75, 3.05) is 7.05 Å². The molecule has 8 heteroatoms. The first-order valence-electron chi connectivity index (χ1n) is 7.20. The summed E-state index contributed by atoms with van der Waals surface area (Å²) in [5.41, 5.74) is -0.108. The zero-order valence-corrected chi connectivity index (χ0v) is 14.5. The fourth-order valence-electron chi connectivity index (χ4n) is 1.73. The standard InChI is InChI=1S/C14H23N5O2.ClH/c1-9(15-5)8-10-16-11(20-18-10)6-7-12-17-13(19-21-12)14(2,3)4;/h9,15H,6-8H2,1-5H3;1H. The van der Waals surface area contributed by atoms with Gasteiger partial charge in [0.15, 0.2) is 11.6 Å². The van der Waals surface area contributed by atoms with Gasteiger partial charge >= 0.3 is 0 Å². The molecule has 0 aliphatic rings. The zero-order valence-electron chi connectivity index (χ0n) is 13.7. The van der Waals surface area contributed by atoms with Gasteiger partial charge in [-0.3, -0.25) is 0 Å². The molecule has 2 heterocycles. The molecule has 0 saturated heterocycles. The van der Waals surface area contributed by atoms with Crippen LogP contribution in [0, 0.1) is 0 Å². The topological polar surface area (TPSA) is 89.9 Å². The van der Waals surface area contributed by atoms with Gasteiger partial charge in [0, 0.05) is 30.7 Å². The molecule has 0 amide bonds. The Kier molecular flexibility index (Phi) is 6.49. The predicted octanol–water partition coefficient (Wildman–Crippen LogP) is 2.11. The Bertz CT molecular complexity index is 576. The molecule has 7 nitrogen and oxygen atoms in total. The van der Waals surface area contributed by atoms with Crippen molar-refractivity contribution >= 4 is 12.4 Å². The van der Waals surface area contributed by atoms with Gasteiger partial charge in [-0.05, 0) is 14.0 Å². The van der Waals surface area contributed by atoms with E-state index in [2.05, 4.69) is 53.3 Å². The normalized spacial score (nSPS) is 13.0. The molecule has 2 rings (SSSR count). The first-order valence-corrected chi connectivity index (χ1v) is 7.20. The van der Waals surface area contributed by atoms with E-state index < -0.39 is 0 Å². The lowest BCUT2D eigenvalue weighted by molar-refractivity contribution is 0.345. The molecule has 0 saturated carbocycles. The molecule has 1 unspecified atom stereocenters. The Hall–Kier alpha value is -1.47. The van der Waals surface area contributed by atoms with Crippen molar-refractivity contribution in [3.8, 4) is 0 Å². The van der Waals surface area contributed by atoms with E-state index >= 15 is 0 Å². The summed E-state index contributed by atoms with van der Waals surface area (Å²) in [6.07, 6.45) is 1.95. The van der Waals surface area contributed by atoms with E-state index in [1.54, 1.807) is 0 Å². The number of aryl methyl sites for hydroxylation is 2. The maximum atomic E-state index is 5.24. The third-order valence-electron chi connectivity index (χ3n) is 3.18. The van der Waals surface area contributed by atoms with Crippen molar-refractivity contribution in [3.63, 3.8) is 0 Å². The Morgan fingerprint density at radius 3 is 2.18 bits per heavy atom. The number of aromatic nitrogens is 4. The van der Waals surface area contributed by atoms with Crippen LogP contribution in [-0.2, 0) is 24.7 Å². The maximum Gasteiger partial charge on any atom is 0.227 e. The lowest BCUT2D eigenvalue weighted by atomic mass is 9.96. The van der Waals surface area contributed by atoms with Crippen LogP contribution in [0.3, 0.4) is 0 Å². The van der Waals surface area contributed by atoms with Gasteiger partial charge in [0.2, 0.25) is 11.8 Å². The molecule has 0 aliphatic carbocycles. The Balaban J connectivity index is 0.00000242. The number of nitrogens with one attached hydrogen (secondary N) is 1. The van der Waals surface area contributed by atoms with Gasteiger partial charge in [-0.25, -0.2) is 0 Å². The second-order valence-corrected chi connectivity index (χ2v) is 6.26. The fourth-order valence-corrected chi connectivity index (χ4v) is 1.73. The molecular formula is C14H24ClN5O2. The average Bonchev–Trinajstić information content (AvgIpc) is 3.04. The highest BCUT2D eigenvalue weighted by Crippen LogP contribution is 2.18. The summed E-state index contributed by atoms with van der Waals surface area (Å²) in [6, 6.07) is 0.320. The lowest BCUT2D eigenvalue weighted by Gasteiger charge is -2.10. The summed E-state index contributed by atoms with van der Waals surface area (Å²) < 4.78 is 10.5. The molecule has 2 aromatic heterocycles. The third kappa shape index (κ3) is 5.06. The minimum Gasteiger partial charge on any atom is -0.339 e. The molecule has 0 fully saturated rings. The molecule has 0 bridgehead atoms. The largest absolute Gasteiger partial charge is 0.339 e. The molecule has 0 aromatic carbocycles. The molecule has 1 N–H and O–H groups in total. The second-order valence-electron chi connectivity index (χ2n) is 6.26. The molecule has 0 radical (unpaired) electrons. The van der Waals surface area contributed by atoms with E-state index in [0.29, 0.717) is 42.3 Å². The fraction of sp³-hybridized carbons (Fsp3) is 0.714. The van der Waals surface area contributed by atoms with Gasteiger partial charge < -0.3 is 14.4 Å². The zero-order chi connectivity index (χ0) is 15.5. The molecule has 124 valence electrons. The van der Waals surface area contributed by atoms with Crippen molar-refractivity contribution in [2.45, 2.75) is 58.4 Å². The number of hydrogen-bond donors (Lipinski definition) is 1. The minimum absolute atomic E-state index is 0. The van der Waals surface area contributed by atoms with Crippen molar-refractivity contribution in [3.05, 3.63) is 23.4 Å². The molecular weight excluding hydrogens is 306 g/mol. The first-order chi connectivity index (χ1) is 9.88. The average molecular weight is 330 g/mol. The van der Waals surface area contributed by atoms with Crippen LogP contribution in [0.4, 0.5) is 0 Å². The predicted molar refractivity (Wildman–Crippen MR) is 84.2 cm³/mol. The van der Waals surface area contributed by atoms with Crippen LogP contribution in [0.5, 0.6) is 0 Å². The van der Waals surface area contributed by atoms with Crippen LogP contribution in [0.15, 0.2) is 9.05 Å². The quantitative estimate of drug-likeness (QED) is 0.867. The number of hydrogen-bond acceptors (Lipinski definition) is 7. The van der Waals surface area contributed by atoms with Gasteiger partial charge in [-0.1, -0.05) is 31.1 Å². The monoisotopic (exact) mass is 329 g/mol. The van der Waals surface area contributed by atoms with E-state index in [4.69, 9.17) is 9.05 Å². The summed E-state index contributed by atoms with van der Waals surface area (Å²) in [6.45, 7) is 8.22. The van der Waals surface area contributed by atoms with E-state index in [9.17, 15) is 0 Å². The highest BCUT2D eigenvalue weighted by Gasteiger charge is 2.21. The van der Waals surface area contributed by atoms with E-state index in [0.717, 1.165) is 6.42 Å². The van der Waals surface area contributed by atoms with Crippen LogP contribution in [-0.4, -0.2) is 33.4 Å². The number of halogens is 1. The second kappa shape index (κ2) is 7.69. The van der Waals surface area contributed by atoms with E-state index in [-0.39, 0.29) is 17.8 Å². The molecule has 22 heavy (non-hydrogen) atoms. The summed E-state index contributed by atoms with van der Waals surface area (Å²) in [5.74, 6) is 2.63. The first kappa shape index (κ1) is 18.6. The van der Waals surface area contributed by atoms with Gasteiger partial charge in [0.1, 0.15) is 0 Å². The molecule has 0 spiro atoms. The maximum absolute atomic E-state index is 5.24. The van der Waals surface area contributed by atoms with Crippen molar-refractivity contribution in [2.24, 2.45) is 0 Å². The van der Waals surface area contributed by atoms with Crippen molar-refractivity contribution in [1.82, 2.24) is 25.6 Å². The number of nitrogens with zero attached hydrogens (tertiary/aromatic N) is 4. The van der Waals surface area contributed by atoms with Crippen molar-refractivity contribution < 1.29 is 9.05 Å². The summed E-state index contributed by atoms with van der Waals surface area (Å²) in [4.78, 5) is 8.75. The SMILES string of the molecule is CNC(C)Cc1noc(CCc2nc(C(C)(C)C)no2)n1.Cl. The Morgan fingerprint density at radius 2 is 1.64 bits per heavy atom. The van der Waals surface area contributed by atoms with Gasteiger partial charge in [-0.15, -0.1) is 12.4 Å². The molecule has 2 aromatic rings. The number of likely N-dealkylation sites (N-methyl/N-ethyl adjacent to an activating group) is 1. The van der Waals surface area contributed by atoms with Gasteiger partial charge in [0.05, 0.1) is 0 Å². The summed E-state index contributed by atoms with van der Waals surface area (Å²) in [5, 5.41) is 11.1. The lowest BCUT2D eigenvalue weighted by Crippen LogP contribution is -2.24. The van der Waals surface area contributed by atoms with Crippen LogP contribution in [0.2, 0.25) is 0 Å². The molecule has 1 atom stereocenters. The Labute approximate surface area is 136 Å². The van der Waals surface area contributed by atoms with Gasteiger partial charge in [0.25, 0.3) is 0 Å². The van der Waals surface area contributed by atoms with Crippen molar-refractivity contribution in [1.29, 1.82) is 0 Å². The number of rotatable bonds is 6. The third-order valence-corrected chi connectivity index (χ3v) is 3.18. The highest BCUT2D eigenvalue weighted by molar-refractivity contribution is 5.85. The summed E-state index contributed by atoms with van der Waals surface area (Å²) >= 11 is 0. The van der Waals surface area contributed by atoms with Gasteiger partial charge in [-0.2, -0.15) is 9.97 Å². The van der Waals surface area contributed by atoms with Crippen LogP contribution >= 0.6 is 12.4 Å². The Morgan fingerprint density at radius 1 is 1.05 bits per heavy atom. The van der Waals surface area contributed by atoms with E-state index in [1.165, 1.54) is 0 Å². The molecule has 0 aliphatic heterocycles. The van der Waals surface area contributed by atoms with Crippen LogP contribution in [0.1, 0.15) is 51.1 Å². The van der Waals surface area contributed by atoms with E-state index in [1.807, 2.05) is 7.05 Å². The smallest absolute Gasteiger partial charge is 0.227 e. The van der Waals surface area contributed by atoms with Crippen LogP contribution in [0.25, 0.3) is 0 Å².